The largest absolute Gasteiger partial charge is 0.493 e. The predicted molar refractivity (Wildman–Crippen MR) is 83.4 cm³/mol. The van der Waals surface area contributed by atoms with Gasteiger partial charge in [0.2, 0.25) is 0 Å². The van der Waals surface area contributed by atoms with E-state index < -0.39 is 0 Å². The summed E-state index contributed by atoms with van der Waals surface area (Å²) in [6.45, 7) is 3.86. The molecule has 0 unspecified atom stereocenters. The number of methoxy groups -OCH3 is 2. The molecule has 2 aromatic rings. The second-order valence-corrected chi connectivity index (χ2v) is 4.98. The fourth-order valence-corrected chi connectivity index (χ4v) is 2.62. The van der Waals surface area contributed by atoms with E-state index in [1.54, 1.807) is 14.2 Å². The fourth-order valence-electron chi connectivity index (χ4n) is 2.48. The lowest BCUT2D eigenvalue weighted by Crippen LogP contribution is -2.04. The maximum Gasteiger partial charge on any atom is 0.179 e. The summed E-state index contributed by atoms with van der Waals surface area (Å²) in [5.41, 5.74) is 3.40. The molecule has 2 rings (SSSR count). The van der Waals surface area contributed by atoms with Crippen LogP contribution in [-0.2, 0) is 0 Å². The number of ketones is 1. The van der Waals surface area contributed by atoms with Crippen molar-refractivity contribution in [2.75, 3.05) is 20.1 Å². The molecular formula is C16H18ClNO3. The van der Waals surface area contributed by atoms with Crippen molar-refractivity contribution in [3.63, 3.8) is 0 Å². The van der Waals surface area contributed by atoms with Gasteiger partial charge in [0.05, 0.1) is 20.1 Å². The van der Waals surface area contributed by atoms with E-state index in [1.165, 1.54) is 0 Å². The molecule has 0 fully saturated rings. The first kappa shape index (κ1) is 15.4. The van der Waals surface area contributed by atoms with Crippen molar-refractivity contribution in [3.8, 4) is 17.2 Å². The monoisotopic (exact) mass is 307 g/mol. The van der Waals surface area contributed by atoms with Gasteiger partial charge in [-0.2, -0.15) is 0 Å². The predicted octanol–water partition coefficient (Wildman–Crippen LogP) is 3.53. The van der Waals surface area contributed by atoms with Crippen LogP contribution in [0.15, 0.2) is 24.3 Å². The molecule has 0 atom stereocenters. The number of hydrogen-bond donors (Lipinski definition) is 0. The normalized spacial score (nSPS) is 10.5. The quantitative estimate of drug-likeness (QED) is 0.626. The molecule has 0 N–H and O–H groups in total. The average Bonchev–Trinajstić information content (AvgIpc) is 2.80. The molecule has 0 radical (unpaired) electrons. The van der Waals surface area contributed by atoms with Crippen LogP contribution < -0.4 is 9.47 Å². The molecular weight excluding hydrogens is 290 g/mol. The van der Waals surface area contributed by atoms with Crippen molar-refractivity contribution in [1.82, 2.24) is 4.57 Å². The number of benzene rings is 1. The molecule has 0 aliphatic rings. The number of hydrogen-bond acceptors (Lipinski definition) is 3. The summed E-state index contributed by atoms with van der Waals surface area (Å²) < 4.78 is 12.6. The van der Waals surface area contributed by atoms with Crippen molar-refractivity contribution in [2.24, 2.45) is 0 Å². The van der Waals surface area contributed by atoms with E-state index >= 15 is 0 Å². The summed E-state index contributed by atoms with van der Waals surface area (Å²) in [4.78, 5) is 11.9. The van der Waals surface area contributed by atoms with E-state index in [0.29, 0.717) is 17.1 Å². The van der Waals surface area contributed by atoms with Gasteiger partial charge in [-0.25, -0.2) is 0 Å². The van der Waals surface area contributed by atoms with Crippen LogP contribution in [0.25, 0.3) is 5.69 Å². The average molecular weight is 308 g/mol. The maximum atomic E-state index is 11.9. The molecule has 0 aliphatic carbocycles. The lowest BCUT2D eigenvalue weighted by atomic mass is 10.2. The molecule has 0 bridgehead atoms. The van der Waals surface area contributed by atoms with Crippen molar-refractivity contribution in [2.45, 2.75) is 13.8 Å². The first-order valence-corrected chi connectivity index (χ1v) is 7.07. The van der Waals surface area contributed by atoms with Crippen LogP contribution in [0.1, 0.15) is 21.7 Å². The SMILES string of the molecule is COc1ccc(-n2c(C)cc(C(=O)CCl)c2C)cc1OC. The minimum atomic E-state index is -0.0727. The lowest BCUT2D eigenvalue weighted by Gasteiger charge is -2.13. The number of ether oxygens (including phenoxy) is 2. The van der Waals surface area contributed by atoms with Crippen LogP contribution in [0.5, 0.6) is 11.5 Å². The molecule has 21 heavy (non-hydrogen) atoms. The standard InChI is InChI=1S/C16H18ClNO3/c1-10-7-13(14(19)9-17)11(2)18(10)12-5-6-15(20-3)16(8-12)21-4/h5-8H,9H2,1-4H3. The highest BCUT2D eigenvalue weighted by molar-refractivity contribution is 6.30. The number of carbonyl (C=O) groups excluding carboxylic acids is 1. The van der Waals surface area contributed by atoms with E-state index in [4.69, 9.17) is 21.1 Å². The van der Waals surface area contributed by atoms with Gasteiger partial charge in [0.25, 0.3) is 0 Å². The number of carbonyl (C=O) groups is 1. The number of nitrogens with zero attached hydrogens (tertiary/aromatic N) is 1. The van der Waals surface area contributed by atoms with Gasteiger partial charge in [0.15, 0.2) is 17.3 Å². The first-order valence-electron chi connectivity index (χ1n) is 6.54. The van der Waals surface area contributed by atoms with Gasteiger partial charge in [-0.3, -0.25) is 4.79 Å². The summed E-state index contributed by atoms with van der Waals surface area (Å²) in [5.74, 6) is 1.22. The maximum absolute atomic E-state index is 11.9. The molecule has 1 aromatic carbocycles. The minimum absolute atomic E-state index is 0.0176. The van der Waals surface area contributed by atoms with Gasteiger partial charge < -0.3 is 14.0 Å². The van der Waals surface area contributed by atoms with Gasteiger partial charge in [0.1, 0.15) is 0 Å². The number of aryl methyl sites for hydroxylation is 1. The summed E-state index contributed by atoms with van der Waals surface area (Å²) in [6.07, 6.45) is 0. The van der Waals surface area contributed by atoms with Crippen LogP contribution in [0, 0.1) is 13.8 Å². The topological polar surface area (TPSA) is 40.5 Å². The summed E-state index contributed by atoms with van der Waals surface area (Å²) in [7, 11) is 3.19. The Bertz CT molecular complexity index is 676. The number of alkyl halides is 1. The van der Waals surface area contributed by atoms with Crippen LogP contribution >= 0.6 is 11.6 Å². The summed E-state index contributed by atoms with van der Waals surface area (Å²) in [6, 6.07) is 7.51. The van der Waals surface area contributed by atoms with E-state index in [-0.39, 0.29) is 11.7 Å². The minimum Gasteiger partial charge on any atom is -0.493 e. The van der Waals surface area contributed by atoms with Crippen molar-refractivity contribution >= 4 is 17.4 Å². The smallest absolute Gasteiger partial charge is 0.179 e. The van der Waals surface area contributed by atoms with Crippen LogP contribution in [0.2, 0.25) is 0 Å². The first-order chi connectivity index (χ1) is 10.0. The highest BCUT2D eigenvalue weighted by atomic mass is 35.5. The van der Waals surface area contributed by atoms with Crippen molar-refractivity contribution in [3.05, 3.63) is 41.2 Å². The van der Waals surface area contributed by atoms with Gasteiger partial charge in [-0.15, -0.1) is 11.6 Å². The van der Waals surface area contributed by atoms with Crippen molar-refractivity contribution < 1.29 is 14.3 Å². The molecule has 0 saturated carbocycles. The van der Waals surface area contributed by atoms with Gasteiger partial charge in [-0.1, -0.05) is 0 Å². The van der Waals surface area contributed by atoms with Crippen LogP contribution in [0.3, 0.4) is 0 Å². The van der Waals surface area contributed by atoms with Crippen LogP contribution in [-0.4, -0.2) is 30.4 Å². The Kier molecular flexibility index (Phi) is 4.58. The zero-order valence-electron chi connectivity index (χ0n) is 12.6. The number of aromatic nitrogens is 1. The van der Waals surface area contributed by atoms with Gasteiger partial charge in [0, 0.05) is 28.7 Å². The van der Waals surface area contributed by atoms with Gasteiger partial charge >= 0.3 is 0 Å². The summed E-state index contributed by atoms with van der Waals surface area (Å²) >= 11 is 5.66. The Morgan fingerprint density at radius 3 is 2.38 bits per heavy atom. The van der Waals surface area contributed by atoms with Crippen molar-refractivity contribution in [1.29, 1.82) is 0 Å². The molecule has 5 heteroatoms. The molecule has 0 spiro atoms. The number of Topliss-reactive ketones (excluding diaryl/α,β-unsaturated/α-hetero) is 1. The third-order valence-corrected chi connectivity index (χ3v) is 3.72. The summed E-state index contributed by atoms with van der Waals surface area (Å²) in [5, 5.41) is 0. The third kappa shape index (κ3) is 2.76. The molecule has 1 aromatic heterocycles. The Labute approximate surface area is 129 Å². The van der Waals surface area contributed by atoms with E-state index in [2.05, 4.69) is 0 Å². The Morgan fingerprint density at radius 2 is 1.81 bits per heavy atom. The second kappa shape index (κ2) is 6.22. The molecule has 4 nitrogen and oxygen atoms in total. The Hall–Kier alpha value is -1.94. The fraction of sp³-hybridized carbons (Fsp3) is 0.312. The molecule has 0 aliphatic heterocycles. The van der Waals surface area contributed by atoms with E-state index in [0.717, 1.165) is 17.1 Å². The highest BCUT2D eigenvalue weighted by Gasteiger charge is 2.16. The zero-order valence-corrected chi connectivity index (χ0v) is 13.3. The van der Waals surface area contributed by atoms with E-state index in [1.807, 2.05) is 42.7 Å². The molecule has 112 valence electrons. The Morgan fingerprint density at radius 1 is 1.14 bits per heavy atom. The zero-order chi connectivity index (χ0) is 15.6. The third-order valence-electron chi connectivity index (χ3n) is 3.48. The van der Waals surface area contributed by atoms with Gasteiger partial charge in [-0.05, 0) is 32.0 Å². The molecule has 0 saturated heterocycles. The Balaban J connectivity index is 2.57. The second-order valence-electron chi connectivity index (χ2n) is 4.72. The molecule has 1 heterocycles. The highest BCUT2D eigenvalue weighted by Crippen LogP contribution is 2.31. The molecule has 0 amide bonds. The lowest BCUT2D eigenvalue weighted by molar-refractivity contribution is 0.102. The number of rotatable bonds is 5. The number of halogens is 1. The van der Waals surface area contributed by atoms with E-state index in [9.17, 15) is 4.79 Å². The van der Waals surface area contributed by atoms with Crippen LogP contribution in [0.4, 0.5) is 0 Å².